The molecule has 0 N–H and O–H groups in total. The summed E-state index contributed by atoms with van der Waals surface area (Å²) in [6.07, 6.45) is 5.23. The molecule has 0 bridgehead atoms. The maximum absolute atomic E-state index is 13.3. The van der Waals surface area contributed by atoms with Crippen LogP contribution in [0.3, 0.4) is 0 Å². The van der Waals surface area contributed by atoms with E-state index in [0.29, 0.717) is 36.6 Å². The van der Waals surface area contributed by atoms with E-state index in [-0.39, 0.29) is 23.1 Å². The van der Waals surface area contributed by atoms with Crippen LogP contribution in [0.25, 0.3) is 6.08 Å². The highest BCUT2D eigenvalue weighted by molar-refractivity contribution is 5.92. The fourth-order valence-electron chi connectivity index (χ4n) is 4.27. The summed E-state index contributed by atoms with van der Waals surface area (Å²) in [7, 11) is 1.75. The largest absolute Gasteiger partial charge is 0.339 e. The van der Waals surface area contributed by atoms with Crippen LogP contribution in [0.1, 0.15) is 36.2 Å². The number of amides is 2. The standard InChI is InChI=1S/C22H24F2N4O3/c1-14-19(26-31-25-14)13-27(2)21(30)16-12-22(16)7-9-28(10-8-22)20(29)6-4-15-3-5-17(23)18(24)11-15/h3-6,11,16H,7-10,12-13H2,1-2H3/b6-4+. The Labute approximate surface area is 178 Å². The first-order valence-corrected chi connectivity index (χ1v) is 10.2. The maximum Gasteiger partial charge on any atom is 0.246 e. The second-order valence-electron chi connectivity index (χ2n) is 8.44. The van der Waals surface area contributed by atoms with E-state index in [9.17, 15) is 18.4 Å². The number of halogens is 2. The average Bonchev–Trinajstić information content (AvgIpc) is 3.30. The van der Waals surface area contributed by atoms with E-state index in [1.807, 2.05) is 0 Å². The average molecular weight is 430 g/mol. The molecular formula is C22H24F2N4O3. The monoisotopic (exact) mass is 430 g/mol. The molecule has 2 aromatic rings. The molecule has 4 rings (SSSR count). The lowest BCUT2D eigenvalue weighted by Gasteiger charge is -2.32. The molecule has 2 amide bonds. The summed E-state index contributed by atoms with van der Waals surface area (Å²) in [5.74, 6) is -1.99. The van der Waals surface area contributed by atoms with Crippen molar-refractivity contribution in [2.24, 2.45) is 11.3 Å². The van der Waals surface area contributed by atoms with E-state index in [4.69, 9.17) is 0 Å². The Morgan fingerprint density at radius 1 is 1.26 bits per heavy atom. The second-order valence-corrected chi connectivity index (χ2v) is 8.44. The molecule has 1 spiro atoms. The molecule has 1 unspecified atom stereocenters. The molecule has 1 aromatic carbocycles. The molecule has 2 aliphatic rings. The van der Waals surface area contributed by atoms with Crippen molar-refractivity contribution in [2.45, 2.75) is 32.7 Å². The third-order valence-electron chi connectivity index (χ3n) is 6.43. The smallest absolute Gasteiger partial charge is 0.246 e. The van der Waals surface area contributed by atoms with Crippen molar-refractivity contribution >= 4 is 17.9 Å². The number of aromatic nitrogens is 2. The van der Waals surface area contributed by atoms with Crippen molar-refractivity contribution in [3.8, 4) is 0 Å². The van der Waals surface area contributed by atoms with Crippen LogP contribution in [-0.4, -0.2) is 52.1 Å². The van der Waals surface area contributed by atoms with Crippen LogP contribution in [0.4, 0.5) is 8.78 Å². The Balaban J connectivity index is 1.29. The fraction of sp³-hybridized carbons (Fsp3) is 0.455. The number of carbonyl (C=O) groups excluding carboxylic acids is 2. The lowest BCUT2D eigenvalue weighted by molar-refractivity contribution is -0.133. The summed E-state index contributed by atoms with van der Waals surface area (Å²) in [6.45, 7) is 3.29. The number of carbonyl (C=O) groups is 2. The highest BCUT2D eigenvalue weighted by Crippen LogP contribution is 2.60. The van der Waals surface area contributed by atoms with Gasteiger partial charge in [0.25, 0.3) is 0 Å². The summed E-state index contributed by atoms with van der Waals surface area (Å²) in [6, 6.07) is 3.50. The van der Waals surface area contributed by atoms with Gasteiger partial charge in [0.2, 0.25) is 11.8 Å². The quantitative estimate of drug-likeness (QED) is 0.682. The predicted molar refractivity (Wildman–Crippen MR) is 107 cm³/mol. The molecule has 31 heavy (non-hydrogen) atoms. The molecule has 1 aliphatic heterocycles. The van der Waals surface area contributed by atoms with Crippen molar-refractivity contribution in [2.75, 3.05) is 20.1 Å². The molecule has 9 heteroatoms. The van der Waals surface area contributed by atoms with Gasteiger partial charge < -0.3 is 9.80 Å². The number of hydrogen-bond donors (Lipinski definition) is 0. The maximum atomic E-state index is 13.3. The zero-order valence-corrected chi connectivity index (χ0v) is 17.5. The van der Waals surface area contributed by atoms with Gasteiger partial charge in [0, 0.05) is 32.1 Å². The van der Waals surface area contributed by atoms with Gasteiger partial charge in [0.1, 0.15) is 11.4 Å². The fourth-order valence-corrected chi connectivity index (χ4v) is 4.27. The number of rotatable bonds is 5. The van der Waals surface area contributed by atoms with Gasteiger partial charge in [-0.05, 0) is 55.4 Å². The van der Waals surface area contributed by atoms with E-state index in [1.165, 1.54) is 18.2 Å². The molecule has 1 atom stereocenters. The number of piperidine rings is 1. The van der Waals surface area contributed by atoms with Crippen LogP contribution in [0, 0.1) is 29.9 Å². The lowest BCUT2D eigenvalue weighted by Crippen LogP contribution is -2.40. The first kappa shape index (κ1) is 21.1. The Hall–Kier alpha value is -3.10. The third kappa shape index (κ3) is 4.35. The highest BCUT2D eigenvalue weighted by Gasteiger charge is 2.59. The summed E-state index contributed by atoms with van der Waals surface area (Å²) in [5, 5.41) is 7.57. The minimum absolute atomic E-state index is 0.0346. The van der Waals surface area contributed by atoms with Crippen molar-refractivity contribution in [3.05, 3.63) is 52.9 Å². The molecular weight excluding hydrogens is 406 g/mol. The zero-order valence-electron chi connectivity index (χ0n) is 17.5. The molecule has 2 heterocycles. The topological polar surface area (TPSA) is 79.5 Å². The number of aryl methyl sites for hydroxylation is 1. The Kier molecular flexibility index (Phi) is 5.60. The normalized spacial score (nSPS) is 19.7. The van der Waals surface area contributed by atoms with Gasteiger partial charge in [-0.1, -0.05) is 16.4 Å². The van der Waals surface area contributed by atoms with Crippen LogP contribution in [0.15, 0.2) is 28.9 Å². The first-order valence-electron chi connectivity index (χ1n) is 10.2. The van der Waals surface area contributed by atoms with Crippen molar-refractivity contribution in [1.82, 2.24) is 20.1 Å². The van der Waals surface area contributed by atoms with Crippen LogP contribution >= 0.6 is 0 Å². The van der Waals surface area contributed by atoms with Crippen LogP contribution in [0.2, 0.25) is 0 Å². The van der Waals surface area contributed by atoms with Gasteiger partial charge >= 0.3 is 0 Å². The van der Waals surface area contributed by atoms with Crippen molar-refractivity contribution in [1.29, 1.82) is 0 Å². The van der Waals surface area contributed by atoms with Crippen LogP contribution < -0.4 is 0 Å². The van der Waals surface area contributed by atoms with Gasteiger partial charge in [-0.25, -0.2) is 13.4 Å². The second kappa shape index (κ2) is 8.20. The molecule has 7 nitrogen and oxygen atoms in total. The van der Waals surface area contributed by atoms with Gasteiger partial charge in [-0.15, -0.1) is 0 Å². The number of nitrogens with zero attached hydrogens (tertiary/aromatic N) is 4. The first-order chi connectivity index (χ1) is 14.8. The minimum atomic E-state index is -0.945. The molecule has 1 saturated heterocycles. The van der Waals surface area contributed by atoms with Gasteiger partial charge in [0.15, 0.2) is 11.6 Å². The van der Waals surface area contributed by atoms with Gasteiger partial charge in [-0.3, -0.25) is 9.59 Å². The summed E-state index contributed by atoms with van der Waals surface area (Å²) < 4.78 is 31.0. The minimum Gasteiger partial charge on any atom is -0.339 e. The molecule has 1 aromatic heterocycles. The van der Waals surface area contributed by atoms with Crippen molar-refractivity contribution < 1.29 is 23.0 Å². The highest BCUT2D eigenvalue weighted by atomic mass is 19.2. The Morgan fingerprint density at radius 2 is 2.00 bits per heavy atom. The predicted octanol–water partition coefficient (Wildman–Crippen LogP) is 2.96. The zero-order chi connectivity index (χ0) is 22.2. The molecule has 164 valence electrons. The van der Waals surface area contributed by atoms with E-state index in [1.54, 1.807) is 23.8 Å². The molecule has 1 saturated carbocycles. The van der Waals surface area contributed by atoms with Crippen LogP contribution in [0.5, 0.6) is 0 Å². The molecule has 2 fully saturated rings. The number of hydrogen-bond acceptors (Lipinski definition) is 5. The third-order valence-corrected chi connectivity index (χ3v) is 6.43. The SMILES string of the molecule is Cc1nonc1CN(C)C(=O)C1CC12CCN(C(=O)/C=C/c1ccc(F)c(F)c1)CC2. The van der Waals surface area contributed by atoms with E-state index >= 15 is 0 Å². The van der Waals surface area contributed by atoms with E-state index < -0.39 is 11.6 Å². The number of benzene rings is 1. The number of likely N-dealkylation sites (tertiary alicyclic amines) is 1. The molecule has 0 radical (unpaired) electrons. The lowest BCUT2D eigenvalue weighted by atomic mass is 9.90. The van der Waals surface area contributed by atoms with E-state index in [2.05, 4.69) is 14.9 Å². The summed E-state index contributed by atoms with van der Waals surface area (Å²) in [5.41, 5.74) is 1.71. The van der Waals surface area contributed by atoms with Crippen LogP contribution in [-0.2, 0) is 16.1 Å². The summed E-state index contributed by atoms with van der Waals surface area (Å²) >= 11 is 0. The van der Waals surface area contributed by atoms with Crippen molar-refractivity contribution in [3.63, 3.8) is 0 Å². The Morgan fingerprint density at radius 3 is 2.65 bits per heavy atom. The molecule has 1 aliphatic carbocycles. The van der Waals surface area contributed by atoms with Gasteiger partial charge in [-0.2, -0.15) is 0 Å². The Bertz CT molecular complexity index is 1030. The van der Waals surface area contributed by atoms with Gasteiger partial charge in [0.05, 0.1) is 6.54 Å². The van der Waals surface area contributed by atoms with E-state index in [0.717, 1.165) is 31.4 Å². The summed E-state index contributed by atoms with van der Waals surface area (Å²) in [4.78, 5) is 28.7.